The van der Waals surface area contributed by atoms with Crippen LogP contribution in [0.5, 0.6) is 0 Å². The summed E-state index contributed by atoms with van der Waals surface area (Å²) < 4.78 is 2.15. The number of hydrogen-bond acceptors (Lipinski definition) is 4. The average Bonchev–Trinajstić information content (AvgIpc) is 3.08. The van der Waals surface area contributed by atoms with Crippen LogP contribution in [0.3, 0.4) is 0 Å². The fourth-order valence-corrected chi connectivity index (χ4v) is 2.83. The number of fused-ring (bicyclic) bond motifs is 1. The van der Waals surface area contributed by atoms with Gasteiger partial charge in [0.2, 0.25) is 0 Å². The minimum atomic E-state index is -1.26. The van der Waals surface area contributed by atoms with Crippen molar-refractivity contribution in [3.8, 4) is 0 Å². The molecule has 0 amide bonds. The van der Waals surface area contributed by atoms with Gasteiger partial charge < -0.3 is 19.7 Å². The van der Waals surface area contributed by atoms with E-state index in [0.717, 1.165) is 6.54 Å². The highest BCUT2D eigenvalue weighted by Crippen LogP contribution is 2.28. The van der Waals surface area contributed by atoms with Gasteiger partial charge in [-0.05, 0) is 42.8 Å². The van der Waals surface area contributed by atoms with Crippen LogP contribution < -0.4 is 4.90 Å². The lowest BCUT2D eigenvalue weighted by atomic mass is 10.2. The second-order valence-electron chi connectivity index (χ2n) is 6.39. The summed E-state index contributed by atoms with van der Waals surface area (Å²) in [6.07, 6.45) is 9.30. The van der Waals surface area contributed by atoms with Gasteiger partial charge in [-0.1, -0.05) is 13.3 Å². The summed E-state index contributed by atoms with van der Waals surface area (Å²) in [5, 5.41) is 16.9. The van der Waals surface area contributed by atoms with Crippen LogP contribution in [-0.4, -0.2) is 38.2 Å². The number of anilines is 2. The molecule has 0 saturated carbocycles. The van der Waals surface area contributed by atoms with E-state index in [4.69, 9.17) is 10.2 Å². The van der Waals surface area contributed by atoms with Crippen LogP contribution in [0.4, 0.5) is 11.4 Å². The van der Waals surface area contributed by atoms with E-state index in [1.807, 2.05) is 12.4 Å². The van der Waals surface area contributed by atoms with E-state index in [1.54, 1.807) is 0 Å². The molecule has 152 valence electrons. The van der Waals surface area contributed by atoms with Crippen LogP contribution in [0.15, 0.2) is 67.1 Å². The average molecular weight is 395 g/mol. The van der Waals surface area contributed by atoms with E-state index in [2.05, 4.69) is 71.0 Å². The van der Waals surface area contributed by atoms with Crippen LogP contribution in [0.25, 0.3) is 10.9 Å². The molecular formula is C22H25N3O4. The number of rotatable bonds is 7. The smallest absolute Gasteiger partial charge is 0.328 e. The van der Waals surface area contributed by atoms with Crippen LogP contribution in [0.2, 0.25) is 0 Å². The van der Waals surface area contributed by atoms with Gasteiger partial charge in [-0.2, -0.15) is 0 Å². The third-order valence-corrected chi connectivity index (χ3v) is 4.26. The number of hydrogen-bond donors (Lipinski definition) is 2. The SMILES string of the molecule is CCCCN(c1ccncc1)c1ccc2c(ccn2C)c1.O=C(O)/C=C\C(=O)O. The first-order valence-corrected chi connectivity index (χ1v) is 9.29. The number of carboxylic acid groups (broad SMARTS) is 2. The van der Waals surface area contributed by atoms with E-state index < -0.39 is 11.9 Å². The lowest BCUT2D eigenvalue weighted by Crippen LogP contribution is -2.18. The Morgan fingerprint density at radius 1 is 1.03 bits per heavy atom. The highest BCUT2D eigenvalue weighted by atomic mass is 16.4. The third kappa shape index (κ3) is 6.49. The number of aryl methyl sites for hydroxylation is 1. The highest BCUT2D eigenvalue weighted by Gasteiger charge is 2.10. The maximum atomic E-state index is 9.55. The van der Waals surface area contributed by atoms with Crippen molar-refractivity contribution in [1.29, 1.82) is 0 Å². The minimum absolute atomic E-state index is 0.558. The zero-order chi connectivity index (χ0) is 21.2. The lowest BCUT2D eigenvalue weighted by molar-refractivity contribution is -0.134. The Morgan fingerprint density at radius 3 is 2.28 bits per heavy atom. The molecule has 3 rings (SSSR count). The van der Waals surface area contributed by atoms with Crippen molar-refractivity contribution < 1.29 is 19.8 Å². The van der Waals surface area contributed by atoms with Gasteiger partial charge >= 0.3 is 11.9 Å². The first-order chi connectivity index (χ1) is 13.9. The number of carbonyl (C=O) groups is 2. The zero-order valence-electron chi connectivity index (χ0n) is 16.5. The summed E-state index contributed by atoms with van der Waals surface area (Å²) in [5.41, 5.74) is 3.71. The number of nitrogens with zero attached hydrogens (tertiary/aromatic N) is 3. The summed E-state index contributed by atoms with van der Waals surface area (Å²) in [5.74, 6) is -2.51. The molecule has 7 heteroatoms. The molecule has 2 N–H and O–H groups in total. The molecule has 2 aromatic heterocycles. The molecule has 0 spiro atoms. The van der Waals surface area contributed by atoms with Crippen LogP contribution >= 0.6 is 0 Å². The number of aliphatic carboxylic acids is 2. The fraction of sp³-hybridized carbons (Fsp3) is 0.227. The molecule has 0 aliphatic rings. The molecule has 0 saturated heterocycles. The van der Waals surface area contributed by atoms with E-state index in [0.29, 0.717) is 12.2 Å². The molecule has 0 unspecified atom stereocenters. The molecule has 0 fully saturated rings. The molecule has 0 bridgehead atoms. The molecule has 3 aromatic rings. The van der Waals surface area contributed by atoms with Crippen LogP contribution in [0.1, 0.15) is 19.8 Å². The molecule has 29 heavy (non-hydrogen) atoms. The van der Waals surface area contributed by atoms with Crippen LogP contribution in [0, 0.1) is 0 Å². The van der Waals surface area contributed by atoms with E-state index in [-0.39, 0.29) is 0 Å². The second kappa shape index (κ2) is 10.7. The fourth-order valence-electron chi connectivity index (χ4n) is 2.83. The van der Waals surface area contributed by atoms with Gasteiger partial charge in [0.1, 0.15) is 0 Å². The third-order valence-electron chi connectivity index (χ3n) is 4.26. The number of aromatic nitrogens is 2. The Balaban J connectivity index is 0.000000321. The Bertz CT molecular complexity index is 964. The zero-order valence-corrected chi connectivity index (χ0v) is 16.5. The first kappa shape index (κ1) is 21.7. The van der Waals surface area contributed by atoms with Crippen molar-refractivity contribution >= 4 is 34.2 Å². The normalized spacial score (nSPS) is 10.6. The maximum Gasteiger partial charge on any atom is 0.328 e. The van der Waals surface area contributed by atoms with Crippen LogP contribution in [-0.2, 0) is 16.6 Å². The number of carboxylic acids is 2. The summed E-state index contributed by atoms with van der Waals surface area (Å²) in [7, 11) is 2.08. The van der Waals surface area contributed by atoms with Crippen molar-refractivity contribution in [2.75, 3.05) is 11.4 Å². The summed E-state index contributed by atoms with van der Waals surface area (Å²) in [6.45, 7) is 3.25. The highest BCUT2D eigenvalue weighted by molar-refractivity contribution is 5.89. The standard InChI is InChI=1S/C18H21N3.C4H4O4/c1-3-4-12-21(16-7-10-19-11-8-16)17-5-6-18-15(14-17)9-13-20(18)2;5-3(6)1-2-4(7)8/h5-11,13-14H,3-4,12H2,1-2H3;1-2H,(H,5,6)(H,7,8)/b;2-1-. The Kier molecular flexibility index (Phi) is 7.97. The van der Waals surface area contributed by atoms with Gasteiger partial charge in [0.25, 0.3) is 0 Å². The van der Waals surface area contributed by atoms with Crippen molar-refractivity contribution in [2.45, 2.75) is 19.8 Å². The summed E-state index contributed by atoms with van der Waals surface area (Å²) >= 11 is 0. The Morgan fingerprint density at radius 2 is 1.69 bits per heavy atom. The molecule has 0 radical (unpaired) electrons. The topological polar surface area (TPSA) is 95.7 Å². The molecule has 7 nitrogen and oxygen atoms in total. The minimum Gasteiger partial charge on any atom is -0.478 e. The van der Waals surface area contributed by atoms with E-state index >= 15 is 0 Å². The molecule has 0 atom stereocenters. The molecule has 0 aliphatic carbocycles. The van der Waals surface area contributed by atoms with Gasteiger partial charge in [-0.25, -0.2) is 9.59 Å². The van der Waals surface area contributed by atoms with Gasteiger partial charge in [-0.15, -0.1) is 0 Å². The number of benzene rings is 1. The monoisotopic (exact) mass is 395 g/mol. The van der Waals surface area contributed by atoms with Crippen molar-refractivity contribution in [1.82, 2.24) is 9.55 Å². The van der Waals surface area contributed by atoms with Crippen molar-refractivity contribution in [3.05, 3.63) is 67.1 Å². The predicted molar refractivity (Wildman–Crippen MR) is 113 cm³/mol. The van der Waals surface area contributed by atoms with Gasteiger partial charge in [0.15, 0.2) is 0 Å². The number of unbranched alkanes of at least 4 members (excludes halogenated alkanes) is 1. The first-order valence-electron chi connectivity index (χ1n) is 9.29. The quantitative estimate of drug-likeness (QED) is 0.582. The largest absolute Gasteiger partial charge is 0.478 e. The molecule has 0 aliphatic heterocycles. The second-order valence-corrected chi connectivity index (χ2v) is 6.39. The summed E-state index contributed by atoms with van der Waals surface area (Å²) in [4.78, 5) is 25.6. The summed E-state index contributed by atoms with van der Waals surface area (Å²) in [6, 6.07) is 13.0. The van der Waals surface area contributed by atoms with Gasteiger partial charge in [-0.3, -0.25) is 4.98 Å². The molecule has 1 aromatic carbocycles. The van der Waals surface area contributed by atoms with Crippen molar-refractivity contribution in [3.63, 3.8) is 0 Å². The van der Waals surface area contributed by atoms with Crippen molar-refractivity contribution in [2.24, 2.45) is 7.05 Å². The predicted octanol–water partition coefficient (Wildman–Crippen LogP) is 4.22. The van der Waals surface area contributed by atoms with Gasteiger partial charge in [0, 0.05) is 66.6 Å². The number of pyridine rings is 1. The Hall–Kier alpha value is -3.61. The van der Waals surface area contributed by atoms with E-state index in [9.17, 15) is 9.59 Å². The Labute approximate surface area is 169 Å². The maximum absolute atomic E-state index is 9.55. The van der Waals surface area contributed by atoms with E-state index in [1.165, 1.54) is 35.1 Å². The molecular weight excluding hydrogens is 370 g/mol. The molecule has 2 heterocycles. The lowest BCUT2D eigenvalue weighted by Gasteiger charge is -2.25. The van der Waals surface area contributed by atoms with Gasteiger partial charge in [0.05, 0.1) is 0 Å².